The predicted octanol–water partition coefficient (Wildman–Crippen LogP) is 4.11. The summed E-state index contributed by atoms with van der Waals surface area (Å²) in [6, 6.07) is 15.0. The zero-order valence-corrected chi connectivity index (χ0v) is 14.4. The molecule has 0 aromatic heterocycles. The van der Waals surface area contributed by atoms with Crippen molar-refractivity contribution in [3.8, 4) is 5.75 Å². The molecule has 126 valence electrons. The Morgan fingerprint density at radius 1 is 1.17 bits per heavy atom. The van der Waals surface area contributed by atoms with Gasteiger partial charge in [-0.25, -0.2) is 4.79 Å². The number of benzene rings is 2. The van der Waals surface area contributed by atoms with Crippen molar-refractivity contribution in [3.05, 3.63) is 59.7 Å². The second-order valence-electron chi connectivity index (χ2n) is 5.41. The van der Waals surface area contributed by atoms with Crippen LogP contribution in [0, 0.1) is 0 Å². The molecule has 5 heteroatoms. The predicted molar refractivity (Wildman–Crippen MR) is 93.8 cm³/mol. The molecule has 0 spiro atoms. The Hall–Kier alpha value is -1.98. The van der Waals surface area contributed by atoms with Crippen LogP contribution < -0.4 is 4.74 Å². The zero-order valence-electron chi connectivity index (χ0n) is 13.6. The molecule has 1 aliphatic heterocycles. The molecule has 0 bridgehead atoms. The van der Waals surface area contributed by atoms with Crippen LogP contribution in [0.4, 0.5) is 0 Å². The summed E-state index contributed by atoms with van der Waals surface area (Å²) < 4.78 is 16.5. The Kier molecular flexibility index (Phi) is 5.77. The summed E-state index contributed by atoms with van der Waals surface area (Å²) in [5.74, 6) is 1.51. The van der Waals surface area contributed by atoms with E-state index in [0.717, 1.165) is 17.9 Å². The maximum atomic E-state index is 11.8. The molecule has 0 amide bonds. The molecule has 0 N–H and O–H groups in total. The van der Waals surface area contributed by atoms with E-state index >= 15 is 0 Å². The van der Waals surface area contributed by atoms with E-state index in [1.54, 1.807) is 19.2 Å². The molecule has 0 saturated carbocycles. The van der Waals surface area contributed by atoms with Gasteiger partial charge >= 0.3 is 5.97 Å². The lowest BCUT2D eigenvalue weighted by Crippen LogP contribution is -2.13. The van der Waals surface area contributed by atoms with E-state index < -0.39 is 0 Å². The first-order valence-corrected chi connectivity index (χ1v) is 8.91. The number of thioether (sulfide) groups is 1. The number of fused-ring (bicyclic) bond motifs is 1. The summed E-state index contributed by atoms with van der Waals surface area (Å²) >= 11 is 1.84. The summed E-state index contributed by atoms with van der Waals surface area (Å²) in [6.45, 7) is 0.537. The molecule has 2 aromatic carbocycles. The monoisotopic (exact) mass is 344 g/mol. The van der Waals surface area contributed by atoms with Crippen molar-refractivity contribution in [3.63, 3.8) is 0 Å². The Labute approximate surface area is 146 Å². The minimum Gasteiger partial charge on any atom is -0.490 e. The van der Waals surface area contributed by atoms with E-state index in [1.165, 1.54) is 10.5 Å². The van der Waals surface area contributed by atoms with Gasteiger partial charge in [0.2, 0.25) is 0 Å². The Balaban J connectivity index is 1.51. The van der Waals surface area contributed by atoms with Crippen LogP contribution in [0.1, 0.15) is 28.4 Å². The molecule has 24 heavy (non-hydrogen) atoms. The lowest BCUT2D eigenvalue weighted by atomic mass is 10.1. The Morgan fingerprint density at radius 2 is 2.00 bits per heavy atom. The van der Waals surface area contributed by atoms with Gasteiger partial charge in [-0.1, -0.05) is 18.2 Å². The van der Waals surface area contributed by atoms with Crippen molar-refractivity contribution in [2.45, 2.75) is 17.4 Å². The Morgan fingerprint density at radius 3 is 2.79 bits per heavy atom. The van der Waals surface area contributed by atoms with Gasteiger partial charge in [0.1, 0.15) is 19.0 Å². The summed E-state index contributed by atoms with van der Waals surface area (Å²) in [5, 5.41) is 0. The molecule has 1 heterocycles. The first-order chi connectivity index (χ1) is 11.8. The third kappa shape index (κ3) is 4.10. The van der Waals surface area contributed by atoms with E-state index in [-0.39, 0.29) is 18.7 Å². The van der Waals surface area contributed by atoms with Crippen LogP contribution in [0.15, 0.2) is 53.4 Å². The van der Waals surface area contributed by atoms with Crippen LogP contribution in [-0.2, 0) is 9.47 Å². The molecule has 0 saturated heterocycles. The average Bonchev–Trinajstić information content (AvgIpc) is 2.65. The quantitative estimate of drug-likeness (QED) is 0.583. The third-order valence-electron chi connectivity index (χ3n) is 3.84. The normalized spacial score (nSPS) is 16.3. The highest BCUT2D eigenvalue weighted by Crippen LogP contribution is 2.39. The van der Waals surface area contributed by atoms with Gasteiger partial charge in [-0.2, -0.15) is 0 Å². The van der Waals surface area contributed by atoms with Gasteiger partial charge in [-0.3, -0.25) is 0 Å². The number of methoxy groups -OCH3 is 1. The summed E-state index contributed by atoms with van der Waals surface area (Å²) in [4.78, 5) is 13.1. The molecule has 4 nitrogen and oxygen atoms in total. The summed E-state index contributed by atoms with van der Waals surface area (Å²) in [5.41, 5.74) is 1.72. The van der Waals surface area contributed by atoms with Crippen LogP contribution in [0.25, 0.3) is 0 Å². The van der Waals surface area contributed by atoms with E-state index in [4.69, 9.17) is 14.2 Å². The van der Waals surface area contributed by atoms with Crippen LogP contribution >= 0.6 is 11.8 Å². The second kappa shape index (κ2) is 8.22. The fraction of sp³-hybridized carbons (Fsp3) is 0.316. The Bertz CT molecular complexity index is 687. The maximum Gasteiger partial charge on any atom is 0.338 e. The third-order valence-corrected chi connectivity index (χ3v) is 4.97. The first-order valence-electron chi connectivity index (χ1n) is 7.92. The van der Waals surface area contributed by atoms with Gasteiger partial charge in [0, 0.05) is 17.8 Å². The molecular weight excluding hydrogens is 324 g/mol. The van der Waals surface area contributed by atoms with E-state index in [0.29, 0.717) is 12.2 Å². The van der Waals surface area contributed by atoms with Gasteiger partial charge in [0.15, 0.2) is 0 Å². The molecule has 2 aromatic rings. The van der Waals surface area contributed by atoms with Crippen LogP contribution in [0.2, 0.25) is 0 Å². The van der Waals surface area contributed by atoms with Crippen LogP contribution in [0.5, 0.6) is 5.75 Å². The number of esters is 1. The number of ether oxygens (including phenoxy) is 3. The minimum atomic E-state index is -0.333. The average molecular weight is 344 g/mol. The van der Waals surface area contributed by atoms with Crippen LogP contribution in [0.3, 0.4) is 0 Å². The van der Waals surface area contributed by atoms with Gasteiger partial charge in [-0.15, -0.1) is 11.8 Å². The molecule has 0 radical (unpaired) electrons. The van der Waals surface area contributed by atoms with Crippen molar-refractivity contribution in [1.29, 1.82) is 0 Å². The molecule has 0 aliphatic carbocycles. The summed E-state index contributed by atoms with van der Waals surface area (Å²) in [6.07, 6.45) is 1.13. The SMILES string of the molecule is COC1CCSc2ccc(OCCOC(=O)c3ccccc3)cc21. The molecule has 0 fully saturated rings. The largest absolute Gasteiger partial charge is 0.490 e. The topological polar surface area (TPSA) is 44.8 Å². The van der Waals surface area contributed by atoms with Crippen LogP contribution in [-0.4, -0.2) is 32.0 Å². The fourth-order valence-electron chi connectivity index (χ4n) is 2.63. The standard InChI is InChI=1S/C19H20O4S/c1-21-17-9-12-24-18-8-7-15(13-16(17)18)22-10-11-23-19(20)14-5-3-2-4-6-14/h2-8,13,17H,9-12H2,1H3. The lowest BCUT2D eigenvalue weighted by Gasteiger charge is -2.24. The molecular formula is C19H20O4S. The molecule has 1 unspecified atom stereocenters. The lowest BCUT2D eigenvalue weighted by molar-refractivity contribution is 0.0450. The fourth-order valence-corrected chi connectivity index (χ4v) is 3.70. The molecule has 1 aliphatic rings. The van der Waals surface area contributed by atoms with Crippen molar-refractivity contribution in [1.82, 2.24) is 0 Å². The van der Waals surface area contributed by atoms with Crippen molar-refractivity contribution < 1.29 is 19.0 Å². The minimum absolute atomic E-state index is 0.126. The maximum absolute atomic E-state index is 11.8. The second-order valence-corrected chi connectivity index (χ2v) is 6.55. The highest BCUT2D eigenvalue weighted by atomic mass is 32.2. The van der Waals surface area contributed by atoms with Gasteiger partial charge in [-0.05, 0) is 42.3 Å². The number of hydrogen-bond donors (Lipinski definition) is 0. The van der Waals surface area contributed by atoms with Gasteiger partial charge < -0.3 is 14.2 Å². The van der Waals surface area contributed by atoms with Crippen molar-refractivity contribution in [2.24, 2.45) is 0 Å². The highest BCUT2D eigenvalue weighted by molar-refractivity contribution is 7.99. The molecule has 1 atom stereocenters. The van der Waals surface area contributed by atoms with E-state index in [1.807, 2.05) is 42.1 Å². The first kappa shape index (κ1) is 16.9. The number of carbonyl (C=O) groups excluding carboxylic acids is 1. The molecule has 3 rings (SSSR count). The number of rotatable bonds is 6. The highest BCUT2D eigenvalue weighted by Gasteiger charge is 2.20. The van der Waals surface area contributed by atoms with Gasteiger partial charge in [0.25, 0.3) is 0 Å². The number of hydrogen-bond acceptors (Lipinski definition) is 5. The number of carbonyl (C=O) groups is 1. The van der Waals surface area contributed by atoms with E-state index in [2.05, 4.69) is 6.07 Å². The van der Waals surface area contributed by atoms with Gasteiger partial charge in [0.05, 0.1) is 11.7 Å². The summed E-state index contributed by atoms with van der Waals surface area (Å²) in [7, 11) is 1.74. The van der Waals surface area contributed by atoms with E-state index in [9.17, 15) is 4.79 Å². The van der Waals surface area contributed by atoms with Crippen molar-refractivity contribution >= 4 is 17.7 Å². The smallest absolute Gasteiger partial charge is 0.338 e. The zero-order chi connectivity index (χ0) is 16.8. The van der Waals surface area contributed by atoms with Crippen molar-refractivity contribution in [2.75, 3.05) is 26.1 Å².